The summed E-state index contributed by atoms with van der Waals surface area (Å²) in [5.74, 6) is 0. The van der Waals surface area contributed by atoms with Crippen LogP contribution in [0.2, 0.25) is 0 Å². The zero-order valence-electron chi connectivity index (χ0n) is 8.04. The molecule has 1 aliphatic rings. The highest BCUT2D eigenvalue weighted by Crippen LogP contribution is 2.30. The second kappa shape index (κ2) is 3.07. The van der Waals surface area contributed by atoms with Crippen LogP contribution in [0.5, 0.6) is 0 Å². The number of fused-ring (bicyclic) bond motifs is 1. The van der Waals surface area contributed by atoms with E-state index < -0.39 is 10.0 Å². The lowest BCUT2D eigenvalue weighted by Gasteiger charge is -2.10. The highest BCUT2D eigenvalue weighted by Gasteiger charge is 2.21. The lowest BCUT2D eigenvalue weighted by Crippen LogP contribution is -2.04. The lowest BCUT2D eigenvalue weighted by atomic mass is 10.1. The van der Waals surface area contributed by atoms with Crippen LogP contribution in [0.4, 0.5) is 0 Å². The minimum Gasteiger partial charge on any atom is -0.297 e. The van der Waals surface area contributed by atoms with E-state index in [-0.39, 0.29) is 0 Å². The molecule has 1 aromatic carbocycles. The number of rotatable bonds is 1. The van der Waals surface area contributed by atoms with Gasteiger partial charge in [-0.25, -0.2) is 8.99 Å². The molecule has 1 aromatic rings. The van der Waals surface area contributed by atoms with Gasteiger partial charge in [0.1, 0.15) is 0 Å². The predicted octanol–water partition coefficient (Wildman–Crippen LogP) is 2.36. The van der Waals surface area contributed by atoms with Gasteiger partial charge in [0.15, 0.2) is 10.0 Å². The number of nitrogens with one attached hydrogen (secondary N) is 1. The first-order valence-electron chi connectivity index (χ1n) is 4.63. The van der Waals surface area contributed by atoms with Crippen LogP contribution in [0.15, 0.2) is 17.0 Å². The summed E-state index contributed by atoms with van der Waals surface area (Å²) >= 11 is 0. The van der Waals surface area contributed by atoms with Gasteiger partial charge in [-0.3, -0.25) is 4.55 Å². The molecule has 1 aliphatic carbocycles. The highest BCUT2D eigenvalue weighted by atomic mass is 32.2. The number of hydrogen-bond donors (Lipinski definition) is 2. The van der Waals surface area contributed by atoms with Crippen molar-refractivity contribution in [3.8, 4) is 0 Å². The maximum absolute atomic E-state index is 11.4. The average Bonchev–Trinajstić information content (AvgIpc) is 2.48. The Bertz CT molecular complexity index is 477. The maximum atomic E-state index is 11.4. The van der Waals surface area contributed by atoms with Crippen LogP contribution in [-0.4, -0.2) is 8.76 Å². The Labute approximate surface area is 84.0 Å². The van der Waals surface area contributed by atoms with Crippen LogP contribution in [0.3, 0.4) is 0 Å². The second-order valence-corrected chi connectivity index (χ2v) is 5.19. The van der Waals surface area contributed by atoms with Gasteiger partial charge in [-0.15, -0.1) is 0 Å². The normalized spacial score (nSPS) is 19.0. The average molecular weight is 211 g/mol. The maximum Gasteiger partial charge on any atom is 0.188 e. The van der Waals surface area contributed by atoms with Gasteiger partial charge < -0.3 is 0 Å². The van der Waals surface area contributed by atoms with Crippen LogP contribution in [0.25, 0.3) is 0 Å². The van der Waals surface area contributed by atoms with E-state index in [1.807, 2.05) is 12.1 Å². The first-order chi connectivity index (χ1) is 6.50. The summed E-state index contributed by atoms with van der Waals surface area (Å²) in [4.78, 5) is 0.354. The van der Waals surface area contributed by atoms with Crippen molar-refractivity contribution in [3.05, 3.63) is 28.8 Å². The van der Waals surface area contributed by atoms with E-state index in [1.54, 1.807) is 6.92 Å². The van der Waals surface area contributed by atoms with E-state index in [0.717, 1.165) is 36.0 Å². The van der Waals surface area contributed by atoms with Gasteiger partial charge in [0.25, 0.3) is 0 Å². The summed E-state index contributed by atoms with van der Waals surface area (Å²) in [5, 5.41) is 0. The molecule has 3 nitrogen and oxygen atoms in total. The highest BCUT2D eigenvalue weighted by molar-refractivity contribution is 7.87. The minimum absolute atomic E-state index is 0.354. The SMILES string of the molecule is Cc1ccc2c(c1S(=N)(=O)O)CCC2. The quantitative estimate of drug-likeness (QED) is 0.749. The molecule has 0 radical (unpaired) electrons. The van der Waals surface area contributed by atoms with Crippen LogP contribution >= 0.6 is 0 Å². The third-order valence-corrected chi connectivity index (χ3v) is 3.83. The van der Waals surface area contributed by atoms with Crippen molar-refractivity contribution in [3.63, 3.8) is 0 Å². The fourth-order valence-corrected chi connectivity index (χ4v) is 3.21. The Morgan fingerprint density at radius 2 is 2.14 bits per heavy atom. The van der Waals surface area contributed by atoms with E-state index in [2.05, 4.69) is 0 Å². The number of benzene rings is 1. The topological polar surface area (TPSA) is 61.2 Å². The molecule has 0 saturated heterocycles. The van der Waals surface area contributed by atoms with E-state index in [4.69, 9.17) is 4.78 Å². The molecular formula is C10H13NO2S. The number of hydrogen-bond acceptors (Lipinski definition) is 2. The van der Waals surface area contributed by atoms with Crippen molar-refractivity contribution in [2.75, 3.05) is 0 Å². The van der Waals surface area contributed by atoms with E-state index in [0.29, 0.717) is 4.90 Å². The zero-order valence-corrected chi connectivity index (χ0v) is 8.86. The Hall–Kier alpha value is -0.870. The molecule has 1 atom stereocenters. The molecule has 2 N–H and O–H groups in total. The van der Waals surface area contributed by atoms with Crippen molar-refractivity contribution in [1.82, 2.24) is 0 Å². The van der Waals surface area contributed by atoms with Crippen LogP contribution in [0.1, 0.15) is 23.1 Å². The number of aryl methyl sites for hydroxylation is 2. The third kappa shape index (κ3) is 1.44. The van der Waals surface area contributed by atoms with E-state index in [9.17, 15) is 8.76 Å². The second-order valence-electron chi connectivity index (χ2n) is 3.73. The summed E-state index contributed by atoms with van der Waals surface area (Å²) in [6, 6.07) is 3.84. The molecule has 0 heterocycles. The molecule has 0 bridgehead atoms. The Balaban J connectivity index is 2.76. The summed E-state index contributed by atoms with van der Waals surface area (Å²) < 4.78 is 28.0. The molecule has 0 saturated carbocycles. The Kier molecular flexibility index (Phi) is 2.12. The molecule has 1 unspecified atom stereocenters. The summed E-state index contributed by atoms with van der Waals surface area (Å²) in [7, 11) is -3.56. The first kappa shape index (κ1) is 9.68. The van der Waals surface area contributed by atoms with E-state index in [1.165, 1.54) is 0 Å². The van der Waals surface area contributed by atoms with Crippen molar-refractivity contribution >= 4 is 10.0 Å². The van der Waals surface area contributed by atoms with Gasteiger partial charge >= 0.3 is 0 Å². The molecular weight excluding hydrogens is 198 g/mol. The van der Waals surface area contributed by atoms with Crippen LogP contribution < -0.4 is 0 Å². The van der Waals surface area contributed by atoms with Crippen molar-refractivity contribution in [2.45, 2.75) is 31.1 Å². The van der Waals surface area contributed by atoms with Crippen molar-refractivity contribution in [2.24, 2.45) is 0 Å². The zero-order chi connectivity index (χ0) is 10.3. The van der Waals surface area contributed by atoms with Crippen molar-refractivity contribution < 1.29 is 8.76 Å². The summed E-state index contributed by atoms with van der Waals surface area (Å²) in [6.45, 7) is 1.79. The predicted molar refractivity (Wildman–Crippen MR) is 55.0 cm³/mol. The minimum atomic E-state index is -3.56. The summed E-state index contributed by atoms with van der Waals surface area (Å²) in [6.07, 6.45) is 2.84. The first-order valence-corrected chi connectivity index (χ1v) is 6.14. The van der Waals surface area contributed by atoms with Gasteiger partial charge in [-0.1, -0.05) is 12.1 Å². The fraction of sp³-hybridized carbons (Fsp3) is 0.400. The molecule has 0 spiro atoms. The largest absolute Gasteiger partial charge is 0.297 e. The van der Waals surface area contributed by atoms with Gasteiger partial charge in [0.2, 0.25) is 0 Å². The molecule has 0 amide bonds. The molecule has 4 heteroatoms. The van der Waals surface area contributed by atoms with Gasteiger partial charge in [-0.2, -0.15) is 0 Å². The third-order valence-electron chi connectivity index (χ3n) is 2.70. The van der Waals surface area contributed by atoms with Crippen molar-refractivity contribution in [1.29, 1.82) is 4.78 Å². The molecule has 14 heavy (non-hydrogen) atoms. The van der Waals surface area contributed by atoms with Crippen LogP contribution in [0, 0.1) is 11.7 Å². The lowest BCUT2D eigenvalue weighted by molar-refractivity contribution is 0.546. The van der Waals surface area contributed by atoms with Gasteiger partial charge in [-0.05, 0) is 42.9 Å². The molecule has 0 aliphatic heterocycles. The molecule has 2 rings (SSSR count). The smallest absolute Gasteiger partial charge is 0.188 e. The Morgan fingerprint density at radius 1 is 1.43 bits per heavy atom. The standard InChI is InChI=1S/C10H13NO2S/c1-7-5-6-8-3-2-4-9(8)10(7)14(11,12)13/h5-6H,2-4H2,1H3,(H2,11,12,13). The molecule has 0 aromatic heterocycles. The Morgan fingerprint density at radius 3 is 2.79 bits per heavy atom. The molecule has 76 valence electrons. The van der Waals surface area contributed by atoms with Gasteiger partial charge in [0.05, 0.1) is 4.90 Å². The van der Waals surface area contributed by atoms with E-state index >= 15 is 0 Å². The van der Waals surface area contributed by atoms with Gasteiger partial charge in [0, 0.05) is 0 Å². The fourth-order valence-electron chi connectivity index (χ4n) is 2.13. The molecule has 0 fully saturated rings. The summed E-state index contributed by atoms with van der Waals surface area (Å²) in [5.41, 5.74) is 2.83. The monoisotopic (exact) mass is 211 g/mol. The van der Waals surface area contributed by atoms with Crippen LogP contribution in [-0.2, 0) is 22.9 Å².